The Morgan fingerprint density at radius 1 is 1.56 bits per heavy atom. The zero-order valence-corrected chi connectivity index (χ0v) is 9.74. The molecule has 0 aromatic carbocycles. The van der Waals surface area contributed by atoms with Crippen LogP contribution in [0.1, 0.15) is 13.3 Å². The minimum absolute atomic E-state index is 0.0623. The zero-order valence-electron chi connectivity index (χ0n) is 8.92. The summed E-state index contributed by atoms with van der Waals surface area (Å²) in [7, 11) is -3.55. The second-order valence-electron chi connectivity index (χ2n) is 3.45. The molecule has 0 saturated heterocycles. The van der Waals surface area contributed by atoms with Gasteiger partial charge < -0.3 is 10.8 Å². The van der Waals surface area contributed by atoms with Crippen molar-refractivity contribution >= 4 is 15.8 Å². The molecule has 0 aliphatic rings. The second kappa shape index (κ2) is 5.24. The minimum atomic E-state index is -3.55. The summed E-state index contributed by atoms with van der Waals surface area (Å²) in [5.74, 6) is 0.267. The van der Waals surface area contributed by atoms with E-state index in [0.717, 1.165) is 0 Å². The molecule has 0 fully saturated rings. The molecule has 0 amide bonds. The number of nitrogens with zero attached hydrogens (tertiary/aromatic N) is 1. The summed E-state index contributed by atoms with van der Waals surface area (Å²) in [6.45, 7) is 1.78. The number of aliphatic hydroxyl groups is 1. The predicted octanol–water partition coefficient (Wildman–Crippen LogP) is -0.287. The Balaban J connectivity index is 2.67. The molecule has 90 valence electrons. The summed E-state index contributed by atoms with van der Waals surface area (Å²) in [5, 5.41) is 8.99. The highest BCUT2D eigenvalue weighted by Crippen LogP contribution is 2.08. The van der Waals surface area contributed by atoms with Crippen molar-refractivity contribution in [2.24, 2.45) is 0 Å². The summed E-state index contributed by atoms with van der Waals surface area (Å²) in [5.41, 5.74) is 5.35. The van der Waals surface area contributed by atoms with Gasteiger partial charge in [0.05, 0.1) is 6.10 Å². The molecule has 0 aliphatic carbocycles. The molecule has 16 heavy (non-hydrogen) atoms. The molecule has 1 aromatic rings. The number of nitrogens with one attached hydrogen (secondary N) is 1. The number of pyridine rings is 1. The molecule has 0 aliphatic heterocycles. The number of nitrogen functional groups attached to an aromatic ring is 1. The van der Waals surface area contributed by atoms with Crippen LogP contribution in [0.4, 0.5) is 5.82 Å². The van der Waals surface area contributed by atoms with E-state index in [1.165, 1.54) is 18.3 Å². The van der Waals surface area contributed by atoms with Gasteiger partial charge in [-0.25, -0.2) is 18.1 Å². The molecule has 7 heteroatoms. The van der Waals surface area contributed by atoms with Gasteiger partial charge in [-0.1, -0.05) is 0 Å². The standard InChI is InChI=1S/C9H15N3O3S/c1-7(13)4-5-12-16(14,15)8-2-3-9(10)11-6-8/h2-3,6-7,12-13H,4-5H2,1H3,(H2,10,11). The topological polar surface area (TPSA) is 105 Å². The lowest BCUT2D eigenvalue weighted by Crippen LogP contribution is -2.26. The van der Waals surface area contributed by atoms with Gasteiger partial charge in [0.1, 0.15) is 10.7 Å². The molecule has 0 saturated carbocycles. The van der Waals surface area contributed by atoms with E-state index in [1.54, 1.807) is 6.92 Å². The Kier molecular flexibility index (Phi) is 4.22. The van der Waals surface area contributed by atoms with Crippen LogP contribution in [0.25, 0.3) is 0 Å². The SMILES string of the molecule is CC(O)CCNS(=O)(=O)c1ccc(N)nc1. The number of anilines is 1. The number of hydrogen-bond donors (Lipinski definition) is 3. The maximum absolute atomic E-state index is 11.7. The normalized spacial score (nSPS) is 13.6. The van der Waals surface area contributed by atoms with Gasteiger partial charge in [-0.3, -0.25) is 0 Å². The molecule has 6 nitrogen and oxygen atoms in total. The third kappa shape index (κ3) is 3.76. The summed E-state index contributed by atoms with van der Waals surface area (Å²) >= 11 is 0. The molecule has 0 bridgehead atoms. The third-order valence-electron chi connectivity index (χ3n) is 1.92. The van der Waals surface area contributed by atoms with Crippen LogP contribution in [0.2, 0.25) is 0 Å². The number of aromatic nitrogens is 1. The number of sulfonamides is 1. The number of rotatable bonds is 5. The monoisotopic (exact) mass is 245 g/mol. The van der Waals surface area contributed by atoms with Gasteiger partial charge in [0, 0.05) is 12.7 Å². The largest absolute Gasteiger partial charge is 0.393 e. The Morgan fingerprint density at radius 3 is 2.75 bits per heavy atom. The van der Waals surface area contributed by atoms with Gasteiger partial charge >= 0.3 is 0 Å². The van der Waals surface area contributed by atoms with Crippen LogP contribution in [0, 0.1) is 0 Å². The van der Waals surface area contributed by atoms with Crippen LogP contribution in [0.3, 0.4) is 0 Å². The van der Waals surface area contributed by atoms with Gasteiger partial charge in [-0.2, -0.15) is 0 Å². The van der Waals surface area contributed by atoms with E-state index in [9.17, 15) is 8.42 Å². The molecule has 0 radical (unpaired) electrons. The number of hydrogen-bond acceptors (Lipinski definition) is 5. The predicted molar refractivity (Wildman–Crippen MR) is 60.1 cm³/mol. The fourth-order valence-corrected chi connectivity index (χ4v) is 2.03. The lowest BCUT2D eigenvalue weighted by molar-refractivity contribution is 0.186. The average molecular weight is 245 g/mol. The van der Waals surface area contributed by atoms with Crippen molar-refractivity contribution in [3.05, 3.63) is 18.3 Å². The molecule has 1 unspecified atom stereocenters. The van der Waals surface area contributed by atoms with Crippen LogP contribution in [0.15, 0.2) is 23.2 Å². The van der Waals surface area contributed by atoms with Crippen LogP contribution >= 0.6 is 0 Å². The van der Waals surface area contributed by atoms with Gasteiger partial charge in [0.25, 0.3) is 0 Å². The van der Waals surface area contributed by atoms with Crippen LogP contribution in [-0.4, -0.2) is 31.2 Å². The van der Waals surface area contributed by atoms with E-state index in [4.69, 9.17) is 10.8 Å². The third-order valence-corrected chi connectivity index (χ3v) is 3.37. The summed E-state index contributed by atoms with van der Waals surface area (Å²) in [4.78, 5) is 3.76. The zero-order chi connectivity index (χ0) is 12.2. The molecule has 1 rings (SSSR count). The van der Waals surface area contributed by atoms with Crippen LogP contribution in [0.5, 0.6) is 0 Å². The van der Waals surface area contributed by atoms with E-state index in [1.807, 2.05) is 0 Å². The first-order valence-electron chi connectivity index (χ1n) is 4.81. The molecule has 0 spiro atoms. The molecule has 1 heterocycles. The van der Waals surface area contributed by atoms with Gasteiger partial charge in [0.2, 0.25) is 10.0 Å². The Labute approximate surface area is 94.6 Å². The summed E-state index contributed by atoms with van der Waals surface area (Å²) < 4.78 is 25.7. The summed E-state index contributed by atoms with van der Waals surface area (Å²) in [6, 6.07) is 2.80. The minimum Gasteiger partial charge on any atom is -0.393 e. The lowest BCUT2D eigenvalue weighted by atomic mass is 10.3. The molecule has 4 N–H and O–H groups in total. The molecular weight excluding hydrogens is 230 g/mol. The first-order chi connectivity index (χ1) is 7.42. The smallest absolute Gasteiger partial charge is 0.242 e. The second-order valence-corrected chi connectivity index (χ2v) is 5.22. The van der Waals surface area contributed by atoms with Crippen molar-refractivity contribution in [1.82, 2.24) is 9.71 Å². The van der Waals surface area contributed by atoms with Gasteiger partial charge in [0.15, 0.2) is 0 Å². The van der Waals surface area contributed by atoms with Crippen LogP contribution < -0.4 is 10.5 Å². The molecule has 1 atom stereocenters. The maximum Gasteiger partial charge on any atom is 0.242 e. The van der Waals surface area contributed by atoms with E-state index in [-0.39, 0.29) is 17.3 Å². The lowest BCUT2D eigenvalue weighted by Gasteiger charge is -2.07. The highest BCUT2D eigenvalue weighted by atomic mass is 32.2. The van der Waals surface area contributed by atoms with Gasteiger partial charge in [-0.05, 0) is 25.5 Å². The molecular formula is C9H15N3O3S. The van der Waals surface area contributed by atoms with Crippen molar-refractivity contribution in [3.63, 3.8) is 0 Å². The fraction of sp³-hybridized carbons (Fsp3) is 0.444. The van der Waals surface area contributed by atoms with Crippen molar-refractivity contribution in [3.8, 4) is 0 Å². The van der Waals surface area contributed by atoms with E-state index < -0.39 is 16.1 Å². The Hall–Kier alpha value is -1.18. The highest BCUT2D eigenvalue weighted by molar-refractivity contribution is 7.89. The number of aliphatic hydroxyl groups excluding tert-OH is 1. The van der Waals surface area contributed by atoms with E-state index in [2.05, 4.69) is 9.71 Å². The van der Waals surface area contributed by atoms with Crippen molar-refractivity contribution in [1.29, 1.82) is 0 Å². The highest BCUT2D eigenvalue weighted by Gasteiger charge is 2.13. The van der Waals surface area contributed by atoms with E-state index >= 15 is 0 Å². The fourth-order valence-electron chi connectivity index (χ4n) is 1.04. The van der Waals surface area contributed by atoms with Crippen molar-refractivity contribution in [2.75, 3.05) is 12.3 Å². The van der Waals surface area contributed by atoms with Crippen LogP contribution in [-0.2, 0) is 10.0 Å². The quantitative estimate of drug-likeness (QED) is 0.661. The van der Waals surface area contributed by atoms with Crippen molar-refractivity contribution < 1.29 is 13.5 Å². The Bertz CT molecular complexity index is 428. The number of nitrogens with two attached hydrogens (primary N) is 1. The maximum atomic E-state index is 11.7. The summed E-state index contributed by atoms with van der Waals surface area (Å²) in [6.07, 6.45) is 1.02. The first-order valence-corrected chi connectivity index (χ1v) is 6.29. The average Bonchev–Trinajstić information content (AvgIpc) is 2.17. The Morgan fingerprint density at radius 2 is 2.25 bits per heavy atom. The van der Waals surface area contributed by atoms with Crippen molar-refractivity contribution in [2.45, 2.75) is 24.3 Å². The molecule has 1 aromatic heterocycles. The first kappa shape index (κ1) is 12.9. The van der Waals surface area contributed by atoms with Gasteiger partial charge in [-0.15, -0.1) is 0 Å². The van der Waals surface area contributed by atoms with E-state index in [0.29, 0.717) is 6.42 Å².